The first-order valence-electron chi connectivity index (χ1n) is 12.1. The molecule has 1 atom stereocenters. The van der Waals surface area contributed by atoms with Crippen LogP contribution in [0.1, 0.15) is 76.5 Å². The number of rotatable bonds is 8. The summed E-state index contributed by atoms with van der Waals surface area (Å²) >= 11 is 5.99. The van der Waals surface area contributed by atoms with E-state index < -0.39 is 0 Å². The van der Waals surface area contributed by atoms with Gasteiger partial charge in [-0.05, 0) is 69.1 Å². The first-order valence-corrected chi connectivity index (χ1v) is 12.5. The Hall–Kier alpha value is -2.07. The molecule has 0 saturated heterocycles. The van der Waals surface area contributed by atoms with E-state index in [1.54, 1.807) is 0 Å². The van der Waals surface area contributed by atoms with E-state index in [0.29, 0.717) is 6.04 Å². The highest BCUT2D eigenvalue weighted by Gasteiger charge is 2.22. The maximum atomic E-state index is 5.99. The number of nitrogens with zero attached hydrogens (tertiary/aromatic N) is 2. The molecule has 1 N–H and O–H groups in total. The van der Waals surface area contributed by atoms with Crippen molar-refractivity contribution in [3.63, 3.8) is 0 Å². The molecule has 2 aromatic carbocycles. The highest BCUT2D eigenvalue weighted by molar-refractivity contribution is 7.80. The molecule has 31 heavy (non-hydrogen) atoms. The molecule has 1 aliphatic rings. The van der Waals surface area contributed by atoms with Crippen molar-refractivity contribution in [3.05, 3.63) is 65.7 Å². The number of hydrogen-bond acceptors (Lipinski definition) is 2. The Morgan fingerprint density at radius 1 is 0.935 bits per heavy atom. The predicted molar refractivity (Wildman–Crippen MR) is 138 cm³/mol. The van der Waals surface area contributed by atoms with Crippen LogP contribution in [0.2, 0.25) is 0 Å². The van der Waals surface area contributed by atoms with Crippen LogP contribution < -0.4 is 10.2 Å². The van der Waals surface area contributed by atoms with E-state index in [0.717, 1.165) is 24.7 Å². The average Bonchev–Trinajstić information content (AvgIpc) is 3.08. The van der Waals surface area contributed by atoms with E-state index in [-0.39, 0.29) is 6.04 Å². The minimum absolute atomic E-state index is 0.217. The number of hydrogen-bond donors (Lipinski definition) is 1. The summed E-state index contributed by atoms with van der Waals surface area (Å²) in [7, 11) is 0. The maximum Gasteiger partial charge on any atom is 0.169 e. The lowest BCUT2D eigenvalue weighted by Crippen LogP contribution is -2.45. The third-order valence-corrected chi connectivity index (χ3v) is 6.96. The van der Waals surface area contributed by atoms with E-state index in [1.165, 1.54) is 55.3 Å². The zero-order chi connectivity index (χ0) is 22.1. The Kier molecular flexibility index (Phi) is 9.20. The van der Waals surface area contributed by atoms with Crippen molar-refractivity contribution in [2.75, 3.05) is 18.0 Å². The SMILES string of the molecule is CCN(CC)c1ccc(CN(C(=S)NC2CCCCCC2)[C@@H](C)c2ccccc2)cc1. The van der Waals surface area contributed by atoms with Crippen LogP contribution in [0.15, 0.2) is 54.6 Å². The van der Waals surface area contributed by atoms with Gasteiger partial charge in [-0.3, -0.25) is 0 Å². The van der Waals surface area contributed by atoms with Crippen LogP contribution in [-0.2, 0) is 6.54 Å². The minimum Gasteiger partial charge on any atom is -0.372 e. The molecule has 2 aromatic rings. The fraction of sp³-hybridized carbons (Fsp3) is 0.519. The normalized spacial score (nSPS) is 15.7. The lowest BCUT2D eigenvalue weighted by atomic mass is 10.1. The van der Waals surface area contributed by atoms with Gasteiger partial charge < -0.3 is 15.1 Å². The topological polar surface area (TPSA) is 18.5 Å². The molecule has 0 bridgehead atoms. The van der Waals surface area contributed by atoms with Crippen molar-refractivity contribution >= 4 is 23.0 Å². The Morgan fingerprint density at radius 2 is 1.55 bits per heavy atom. The van der Waals surface area contributed by atoms with Crippen LogP contribution >= 0.6 is 12.2 Å². The van der Waals surface area contributed by atoms with E-state index in [2.05, 4.69) is 90.5 Å². The molecule has 168 valence electrons. The molecule has 1 fully saturated rings. The fourth-order valence-electron chi connectivity index (χ4n) is 4.57. The van der Waals surface area contributed by atoms with Gasteiger partial charge in [0.2, 0.25) is 0 Å². The molecule has 3 rings (SSSR count). The van der Waals surface area contributed by atoms with Gasteiger partial charge in [-0.15, -0.1) is 0 Å². The second-order valence-electron chi connectivity index (χ2n) is 8.69. The van der Waals surface area contributed by atoms with Gasteiger partial charge in [0.1, 0.15) is 0 Å². The molecule has 1 saturated carbocycles. The Labute approximate surface area is 194 Å². The molecule has 1 aliphatic carbocycles. The lowest BCUT2D eigenvalue weighted by molar-refractivity contribution is 0.317. The second kappa shape index (κ2) is 12.1. The van der Waals surface area contributed by atoms with E-state index in [1.807, 2.05) is 0 Å². The molecule has 0 unspecified atom stereocenters. The van der Waals surface area contributed by atoms with Gasteiger partial charge in [0.05, 0.1) is 6.04 Å². The summed E-state index contributed by atoms with van der Waals surface area (Å²) in [6, 6.07) is 20.4. The zero-order valence-electron chi connectivity index (χ0n) is 19.5. The lowest BCUT2D eigenvalue weighted by Gasteiger charge is -2.34. The molecule has 0 heterocycles. The molecule has 0 aromatic heterocycles. The van der Waals surface area contributed by atoms with Crippen LogP contribution in [0.5, 0.6) is 0 Å². The van der Waals surface area contributed by atoms with E-state index in [9.17, 15) is 0 Å². The third-order valence-electron chi connectivity index (χ3n) is 6.61. The summed E-state index contributed by atoms with van der Waals surface area (Å²) in [4.78, 5) is 4.74. The smallest absolute Gasteiger partial charge is 0.169 e. The zero-order valence-corrected chi connectivity index (χ0v) is 20.3. The largest absolute Gasteiger partial charge is 0.372 e. The number of anilines is 1. The van der Waals surface area contributed by atoms with Gasteiger partial charge in [0.25, 0.3) is 0 Å². The van der Waals surface area contributed by atoms with Gasteiger partial charge in [-0.2, -0.15) is 0 Å². The molecule has 0 spiro atoms. The Balaban J connectivity index is 1.77. The van der Waals surface area contributed by atoms with E-state index >= 15 is 0 Å². The van der Waals surface area contributed by atoms with Crippen LogP contribution in [0.25, 0.3) is 0 Å². The first kappa shape index (κ1) is 23.6. The minimum atomic E-state index is 0.217. The van der Waals surface area contributed by atoms with Crippen molar-refractivity contribution in [2.45, 2.75) is 77.9 Å². The summed E-state index contributed by atoms with van der Waals surface area (Å²) in [5.74, 6) is 0. The standard InChI is InChI=1S/C27H39N3S/c1-4-29(5-2)26-19-17-23(18-20-26)21-30(22(3)24-13-9-8-10-14-24)27(31)28-25-15-11-6-7-12-16-25/h8-10,13-14,17-20,22,25H,4-7,11-12,15-16,21H2,1-3H3,(H,28,31)/t22-/m0/s1. The van der Waals surface area contributed by atoms with Crippen molar-refractivity contribution in [2.24, 2.45) is 0 Å². The number of nitrogens with one attached hydrogen (secondary N) is 1. The molecule has 4 heteroatoms. The van der Waals surface area contributed by atoms with Gasteiger partial charge >= 0.3 is 0 Å². The van der Waals surface area contributed by atoms with Crippen LogP contribution in [0.3, 0.4) is 0 Å². The second-order valence-corrected chi connectivity index (χ2v) is 9.08. The number of thiocarbonyl (C=S) groups is 1. The van der Waals surface area contributed by atoms with Crippen LogP contribution in [-0.4, -0.2) is 29.1 Å². The average molecular weight is 438 g/mol. The fourth-order valence-corrected chi connectivity index (χ4v) is 4.96. The summed E-state index contributed by atoms with van der Waals surface area (Å²) < 4.78 is 0. The van der Waals surface area contributed by atoms with Crippen LogP contribution in [0.4, 0.5) is 5.69 Å². The summed E-state index contributed by atoms with van der Waals surface area (Å²) in [5.41, 5.74) is 3.88. The Morgan fingerprint density at radius 3 is 2.13 bits per heavy atom. The maximum absolute atomic E-state index is 5.99. The Bertz CT molecular complexity index is 778. The van der Waals surface area contributed by atoms with Gasteiger partial charge in [0, 0.05) is 31.4 Å². The first-order chi connectivity index (χ1) is 15.1. The molecule has 0 amide bonds. The molecule has 0 aliphatic heterocycles. The van der Waals surface area contributed by atoms with Crippen molar-refractivity contribution in [3.8, 4) is 0 Å². The van der Waals surface area contributed by atoms with Crippen molar-refractivity contribution in [1.82, 2.24) is 10.2 Å². The molecule has 3 nitrogen and oxygen atoms in total. The van der Waals surface area contributed by atoms with Crippen molar-refractivity contribution < 1.29 is 0 Å². The van der Waals surface area contributed by atoms with Gasteiger partial charge in [-0.1, -0.05) is 68.1 Å². The highest BCUT2D eigenvalue weighted by atomic mass is 32.1. The highest BCUT2D eigenvalue weighted by Crippen LogP contribution is 2.25. The summed E-state index contributed by atoms with van der Waals surface area (Å²) in [6.07, 6.45) is 7.78. The monoisotopic (exact) mass is 437 g/mol. The quantitative estimate of drug-likeness (QED) is 0.366. The third kappa shape index (κ3) is 6.70. The van der Waals surface area contributed by atoms with Crippen molar-refractivity contribution in [1.29, 1.82) is 0 Å². The van der Waals surface area contributed by atoms with Gasteiger partial charge in [0.15, 0.2) is 5.11 Å². The molecular formula is C27H39N3S. The molecular weight excluding hydrogens is 398 g/mol. The predicted octanol–water partition coefficient (Wildman–Crippen LogP) is 6.69. The number of benzene rings is 2. The van der Waals surface area contributed by atoms with Crippen LogP contribution in [0, 0.1) is 0 Å². The van der Waals surface area contributed by atoms with E-state index in [4.69, 9.17) is 12.2 Å². The molecule has 0 radical (unpaired) electrons. The summed E-state index contributed by atoms with van der Waals surface area (Å²) in [6.45, 7) is 9.55. The summed E-state index contributed by atoms with van der Waals surface area (Å²) in [5, 5.41) is 4.61. The van der Waals surface area contributed by atoms with Gasteiger partial charge in [-0.25, -0.2) is 0 Å².